The number of hydrogen-bond acceptors (Lipinski definition) is 7. The van der Waals surface area contributed by atoms with E-state index < -0.39 is 34.7 Å². The lowest BCUT2D eigenvalue weighted by molar-refractivity contribution is -0.122. The fraction of sp³-hybridized carbons (Fsp3) is 0.226. The topological polar surface area (TPSA) is 91.7 Å². The number of aryl methyl sites for hydroxylation is 1. The van der Waals surface area contributed by atoms with Gasteiger partial charge >= 0.3 is 4.87 Å². The molecule has 3 amide bonds. The monoisotopic (exact) mass is 602 g/mol. The Labute approximate surface area is 249 Å². The average Bonchev–Trinajstić information content (AvgIpc) is 3.40. The summed E-state index contributed by atoms with van der Waals surface area (Å²) in [6, 6.07) is 20.3. The van der Waals surface area contributed by atoms with Crippen molar-refractivity contribution in [2.75, 3.05) is 29.2 Å². The summed E-state index contributed by atoms with van der Waals surface area (Å²) in [5.74, 6) is -3.04. The van der Waals surface area contributed by atoms with Crippen LogP contribution in [0.5, 0.6) is 0 Å². The number of thiazole rings is 1. The Bertz CT molecular complexity index is 1760. The zero-order valence-electron chi connectivity index (χ0n) is 23.0. The maximum atomic E-state index is 13.9. The van der Waals surface area contributed by atoms with Crippen LogP contribution in [0.3, 0.4) is 0 Å². The fourth-order valence-corrected chi connectivity index (χ4v) is 8.28. The smallest absolute Gasteiger partial charge is 0.308 e. The van der Waals surface area contributed by atoms with Gasteiger partial charge in [0.1, 0.15) is 17.6 Å². The lowest BCUT2D eigenvalue weighted by Gasteiger charge is -2.31. The molecule has 0 aliphatic carbocycles. The first-order valence-corrected chi connectivity index (χ1v) is 15.0. The molecule has 8 nitrogen and oxygen atoms in total. The molecule has 1 saturated heterocycles. The Balaban J connectivity index is 1.41. The molecule has 0 radical (unpaired) electrons. The van der Waals surface area contributed by atoms with E-state index in [0.717, 1.165) is 44.8 Å². The number of benzene rings is 3. The molecule has 1 N–H and O–H groups in total. The molecule has 3 heterocycles. The Morgan fingerprint density at radius 3 is 2.36 bits per heavy atom. The van der Waals surface area contributed by atoms with Crippen molar-refractivity contribution in [3.05, 3.63) is 104 Å². The van der Waals surface area contributed by atoms with Crippen molar-refractivity contribution in [1.82, 2.24) is 4.57 Å². The number of carbonyl (C=O) groups is 3. The molecule has 2 aliphatic rings. The Morgan fingerprint density at radius 1 is 0.976 bits per heavy atom. The van der Waals surface area contributed by atoms with Crippen molar-refractivity contribution in [2.45, 2.75) is 29.7 Å². The van der Waals surface area contributed by atoms with Gasteiger partial charge in [-0.15, -0.1) is 0 Å². The van der Waals surface area contributed by atoms with Gasteiger partial charge in [-0.2, -0.15) is 0 Å². The first-order chi connectivity index (χ1) is 20.1. The summed E-state index contributed by atoms with van der Waals surface area (Å²) >= 11 is 2.14. The summed E-state index contributed by atoms with van der Waals surface area (Å²) in [7, 11) is 3.85. The van der Waals surface area contributed by atoms with Crippen molar-refractivity contribution in [1.29, 1.82) is 0 Å². The Morgan fingerprint density at radius 2 is 1.69 bits per heavy atom. The van der Waals surface area contributed by atoms with Crippen LogP contribution < -0.4 is 20.0 Å². The molecule has 0 bridgehead atoms. The molecule has 214 valence electrons. The molecule has 4 aromatic rings. The van der Waals surface area contributed by atoms with Crippen LogP contribution in [0.2, 0.25) is 0 Å². The molecular weight excluding hydrogens is 575 g/mol. The predicted molar refractivity (Wildman–Crippen MR) is 163 cm³/mol. The van der Waals surface area contributed by atoms with Gasteiger partial charge in [0.2, 0.25) is 17.7 Å². The molecule has 3 aromatic carbocycles. The standard InChI is InChI=1S/C31H27FN4O4S2/c1-17-5-4-6-20(15-17)33-23(37)16-35-30-27(42-31(35)40)24(18-7-11-21(12-8-18)34(2)3)25-26(41-30)29(39)36(28(25)38)22-13-9-19(32)10-14-22/h4-15,24-26H,16H2,1-3H3,(H,33,37). The van der Waals surface area contributed by atoms with Gasteiger partial charge in [0.15, 0.2) is 0 Å². The number of rotatable bonds is 6. The number of imide groups is 1. The van der Waals surface area contributed by atoms with E-state index in [2.05, 4.69) is 5.32 Å². The lowest BCUT2D eigenvalue weighted by Crippen LogP contribution is -2.33. The zero-order chi connectivity index (χ0) is 29.7. The minimum atomic E-state index is -0.825. The summed E-state index contributed by atoms with van der Waals surface area (Å²) in [5.41, 5.74) is 3.65. The Kier molecular flexibility index (Phi) is 7.24. The molecule has 1 aromatic heterocycles. The fourth-order valence-electron chi connectivity index (χ4n) is 5.51. The normalized spacial score (nSPS) is 19.4. The quantitative estimate of drug-likeness (QED) is 0.317. The van der Waals surface area contributed by atoms with Crippen LogP contribution in [0.25, 0.3) is 0 Å². The first kappa shape index (κ1) is 27.9. The largest absolute Gasteiger partial charge is 0.378 e. The van der Waals surface area contributed by atoms with E-state index >= 15 is 0 Å². The van der Waals surface area contributed by atoms with E-state index in [1.165, 1.54) is 28.8 Å². The number of nitrogens with one attached hydrogen (secondary N) is 1. The summed E-state index contributed by atoms with van der Waals surface area (Å²) in [6.07, 6.45) is 0. The van der Waals surface area contributed by atoms with Crippen LogP contribution in [0.15, 0.2) is 82.6 Å². The molecule has 3 unspecified atom stereocenters. The van der Waals surface area contributed by atoms with Crippen LogP contribution in [0, 0.1) is 18.7 Å². The maximum Gasteiger partial charge on any atom is 0.308 e. The molecule has 3 atom stereocenters. The van der Waals surface area contributed by atoms with Crippen molar-refractivity contribution in [3.63, 3.8) is 0 Å². The summed E-state index contributed by atoms with van der Waals surface area (Å²) in [4.78, 5) is 57.5. The lowest BCUT2D eigenvalue weighted by atomic mass is 9.83. The number of thioether (sulfide) groups is 1. The highest BCUT2D eigenvalue weighted by molar-refractivity contribution is 8.00. The van der Waals surface area contributed by atoms with E-state index in [-0.39, 0.29) is 17.3 Å². The van der Waals surface area contributed by atoms with Gasteiger partial charge in [-0.05, 0) is 66.6 Å². The first-order valence-electron chi connectivity index (χ1n) is 13.3. The van der Waals surface area contributed by atoms with Gasteiger partial charge in [-0.1, -0.05) is 47.4 Å². The molecule has 0 saturated carbocycles. The third-order valence-corrected chi connectivity index (χ3v) is 10.1. The minimum Gasteiger partial charge on any atom is -0.378 e. The van der Waals surface area contributed by atoms with E-state index in [0.29, 0.717) is 21.3 Å². The van der Waals surface area contributed by atoms with Gasteiger partial charge in [-0.25, -0.2) is 9.29 Å². The SMILES string of the molecule is Cc1cccc(NC(=O)Cn2c3c(sc2=O)C(c2ccc(N(C)C)cc2)C2C(=O)N(c4ccc(F)cc4)C(=O)C2S3)c1. The number of hydrogen-bond donors (Lipinski definition) is 1. The molecular formula is C31H27FN4O4S2. The van der Waals surface area contributed by atoms with Crippen LogP contribution in [-0.2, 0) is 20.9 Å². The number of nitrogens with zero attached hydrogens (tertiary/aromatic N) is 3. The van der Waals surface area contributed by atoms with Gasteiger partial charge < -0.3 is 10.2 Å². The van der Waals surface area contributed by atoms with Gasteiger partial charge in [0.25, 0.3) is 0 Å². The third-order valence-electron chi connectivity index (χ3n) is 7.51. The van der Waals surface area contributed by atoms with Gasteiger partial charge in [-0.3, -0.25) is 23.7 Å². The maximum absolute atomic E-state index is 13.9. The highest BCUT2D eigenvalue weighted by atomic mass is 32.2. The second kappa shape index (κ2) is 10.9. The second-order valence-corrected chi connectivity index (χ2v) is 12.7. The van der Waals surface area contributed by atoms with E-state index in [4.69, 9.17) is 0 Å². The number of anilines is 3. The van der Waals surface area contributed by atoms with Crippen molar-refractivity contribution in [2.24, 2.45) is 5.92 Å². The van der Waals surface area contributed by atoms with Crippen LogP contribution >= 0.6 is 23.1 Å². The van der Waals surface area contributed by atoms with Gasteiger partial charge in [0.05, 0.1) is 16.6 Å². The van der Waals surface area contributed by atoms with Crippen molar-refractivity contribution >= 4 is 57.9 Å². The number of amides is 3. The molecule has 6 rings (SSSR count). The van der Waals surface area contributed by atoms with Crippen LogP contribution in [0.4, 0.5) is 21.5 Å². The number of carbonyl (C=O) groups excluding carboxylic acids is 3. The molecule has 2 aliphatic heterocycles. The van der Waals surface area contributed by atoms with E-state index in [1.54, 1.807) is 6.07 Å². The summed E-state index contributed by atoms with van der Waals surface area (Å²) < 4.78 is 15.1. The number of halogens is 1. The highest BCUT2D eigenvalue weighted by Crippen LogP contribution is 2.54. The van der Waals surface area contributed by atoms with Gasteiger partial charge in [0, 0.05) is 36.3 Å². The highest BCUT2D eigenvalue weighted by Gasteiger charge is 2.56. The summed E-state index contributed by atoms with van der Waals surface area (Å²) in [5, 5.41) is 2.53. The van der Waals surface area contributed by atoms with Crippen molar-refractivity contribution in [3.8, 4) is 0 Å². The number of fused-ring (bicyclic) bond motifs is 2. The Hall–Kier alpha value is -4.22. The zero-order valence-corrected chi connectivity index (χ0v) is 24.7. The minimum absolute atomic E-state index is 0.237. The van der Waals surface area contributed by atoms with E-state index in [1.807, 2.05) is 68.4 Å². The molecule has 1 fully saturated rings. The second-order valence-electron chi connectivity index (χ2n) is 10.6. The van der Waals surface area contributed by atoms with Crippen molar-refractivity contribution < 1.29 is 18.8 Å². The molecule has 11 heteroatoms. The summed E-state index contributed by atoms with van der Waals surface area (Å²) in [6.45, 7) is 1.68. The van der Waals surface area contributed by atoms with Crippen LogP contribution in [0.1, 0.15) is 21.9 Å². The molecule has 42 heavy (non-hydrogen) atoms. The third kappa shape index (κ3) is 4.92. The predicted octanol–water partition coefficient (Wildman–Crippen LogP) is 4.86. The number of aromatic nitrogens is 1. The van der Waals surface area contributed by atoms with E-state index in [9.17, 15) is 23.6 Å². The average molecular weight is 603 g/mol. The van der Waals surface area contributed by atoms with Crippen LogP contribution in [-0.4, -0.2) is 41.6 Å². The molecule has 0 spiro atoms.